The van der Waals surface area contributed by atoms with Crippen LogP contribution in [-0.2, 0) is 0 Å². The molecule has 0 aromatic heterocycles. The second-order valence-electron chi connectivity index (χ2n) is 3.83. The Balaban J connectivity index is 0.000000771. The minimum Gasteiger partial charge on any atom is -0.478 e. The smallest absolute Gasteiger partial charge is 0.165 e. The molecule has 2 atom stereocenters. The van der Waals surface area contributed by atoms with Crippen LogP contribution >= 0.6 is 0 Å². The largest absolute Gasteiger partial charge is 0.478 e. The zero-order valence-electron chi connectivity index (χ0n) is 11.6. The molecule has 0 amide bonds. The van der Waals surface area contributed by atoms with Crippen molar-refractivity contribution in [3.05, 3.63) is 48.6 Å². The molecule has 2 unspecified atom stereocenters. The minimum atomic E-state index is -0.120. The maximum absolute atomic E-state index is 5.92. The van der Waals surface area contributed by atoms with E-state index in [4.69, 9.17) is 9.47 Å². The van der Waals surface area contributed by atoms with Crippen molar-refractivity contribution in [2.45, 2.75) is 39.9 Å². The first-order valence-electron chi connectivity index (χ1n) is 6.44. The fourth-order valence-electron chi connectivity index (χ4n) is 1.81. The van der Waals surface area contributed by atoms with Gasteiger partial charge in [-0.05, 0) is 37.6 Å². The number of allylic oxidation sites excluding steroid dienone is 1. The second-order valence-corrected chi connectivity index (χ2v) is 3.83. The number of benzene rings is 1. The van der Waals surface area contributed by atoms with Gasteiger partial charge >= 0.3 is 0 Å². The third-order valence-electron chi connectivity index (χ3n) is 2.63. The summed E-state index contributed by atoms with van der Waals surface area (Å²) in [5.74, 6) is 1.63. The van der Waals surface area contributed by atoms with E-state index in [2.05, 4.69) is 6.58 Å². The SMILES string of the molecule is C=CC1Oc2cccc(C)c2OC1/C=C\C.CC. The zero-order chi connectivity index (χ0) is 13.5. The summed E-state index contributed by atoms with van der Waals surface area (Å²) in [5.41, 5.74) is 1.09. The molecule has 2 nitrogen and oxygen atoms in total. The van der Waals surface area contributed by atoms with E-state index in [9.17, 15) is 0 Å². The number of ether oxygens (including phenoxy) is 2. The third-order valence-corrected chi connectivity index (χ3v) is 2.63. The molecule has 1 aromatic rings. The highest BCUT2D eigenvalue weighted by molar-refractivity contribution is 5.48. The van der Waals surface area contributed by atoms with E-state index in [1.54, 1.807) is 6.08 Å². The first-order valence-corrected chi connectivity index (χ1v) is 6.44. The van der Waals surface area contributed by atoms with Crippen molar-refractivity contribution in [2.24, 2.45) is 0 Å². The number of aryl methyl sites for hydroxylation is 1. The van der Waals surface area contributed by atoms with E-state index in [0.29, 0.717) is 0 Å². The first-order chi connectivity index (χ1) is 8.76. The van der Waals surface area contributed by atoms with Crippen molar-refractivity contribution in [2.75, 3.05) is 0 Å². The van der Waals surface area contributed by atoms with Gasteiger partial charge in [0.05, 0.1) is 0 Å². The Hall–Kier alpha value is -1.70. The molecule has 2 rings (SSSR count). The predicted molar refractivity (Wildman–Crippen MR) is 76.4 cm³/mol. The van der Waals surface area contributed by atoms with Crippen molar-refractivity contribution in [3.8, 4) is 11.5 Å². The molecule has 2 heteroatoms. The summed E-state index contributed by atoms with van der Waals surface area (Å²) >= 11 is 0. The van der Waals surface area contributed by atoms with Gasteiger partial charge in [-0.15, -0.1) is 0 Å². The van der Waals surface area contributed by atoms with Gasteiger partial charge in [-0.25, -0.2) is 0 Å². The predicted octanol–water partition coefficient (Wildman–Crippen LogP) is 4.29. The number of fused-ring (bicyclic) bond motifs is 1. The van der Waals surface area contributed by atoms with Crippen LogP contribution in [0, 0.1) is 6.92 Å². The average molecular weight is 246 g/mol. The molecule has 1 aliphatic heterocycles. The summed E-state index contributed by atoms with van der Waals surface area (Å²) in [4.78, 5) is 0. The highest BCUT2D eigenvalue weighted by Crippen LogP contribution is 2.37. The molecular formula is C16H22O2. The Morgan fingerprint density at radius 1 is 1.17 bits per heavy atom. The van der Waals surface area contributed by atoms with E-state index in [1.807, 2.05) is 58.0 Å². The lowest BCUT2D eigenvalue weighted by Gasteiger charge is -2.31. The maximum atomic E-state index is 5.92. The Morgan fingerprint density at radius 2 is 1.89 bits per heavy atom. The number of rotatable bonds is 2. The van der Waals surface area contributed by atoms with Gasteiger partial charge in [0.2, 0.25) is 0 Å². The fraction of sp³-hybridized carbons (Fsp3) is 0.375. The summed E-state index contributed by atoms with van der Waals surface area (Å²) in [6, 6.07) is 5.90. The number of hydrogen-bond donors (Lipinski definition) is 0. The Kier molecular flexibility index (Phi) is 5.50. The topological polar surface area (TPSA) is 18.5 Å². The molecule has 0 aliphatic carbocycles. The van der Waals surface area contributed by atoms with Gasteiger partial charge in [0, 0.05) is 0 Å². The maximum Gasteiger partial charge on any atom is 0.165 e. The lowest BCUT2D eigenvalue weighted by Crippen LogP contribution is -2.37. The molecule has 0 saturated heterocycles. The van der Waals surface area contributed by atoms with Crippen LogP contribution < -0.4 is 9.47 Å². The monoisotopic (exact) mass is 246 g/mol. The second kappa shape index (κ2) is 6.90. The van der Waals surface area contributed by atoms with E-state index in [0.717, 1.165) is 17.1 Å². The Bertz CT molecular complexity index is 421. The van der Waals surface area contributed by atoms with Crippen molar-refractivity contribution in [1.82, 2.24) is 0 Å². The lowest BCUT2D eigenvalue weighted by atomic mass is 10.1. The van der Waals surface area contributed by atoms with Gasteiger partial charge in [-0.1, -0.05) is 38.6 Å². The van der Waals surface area contributed by atoms with Crippen LogP contribution in [0.2, 0.25) is 0 Å². The lowest BCUT2D eigenvalue weighted by molar-refractivity contribution is 0.0762. The fourth-order valence-corrected chi connectivity index (χ4v) is 1.81. The van der Waals surface area contributed by atoms with Crippen LogP contribution in [0.1, 0.15) is 26.3 Å². The molecule has 98 valence electrons. The molecule has 1 aliphatic rings. The average Bonchev–Trinajstić information content (AvgIpc) is 2.42. The van der Waals surface area contributed by atoms with Gasteiger partial charge in [0.1, 0.15) is 0 Å². The van der Waals surface area contributed by atoms with Crippen molar-refractivity contribution >= 4 is 0 Å². The molecule has 0 bridgehead atoms. The molecule has 0 radical (unpaired) electrons. The van der Waals surface area contributed by atoms with Crippen LogP contribution in [-0.4, -0.2) is 12.2 Å². The third kappa shape index (κ3) is 2.95. The van der Waals surface area contributed by atoms with E-state index in [-0.39, 0.29) is 12.2 Å². The highest BCUT2D eigenvalue weighted by atomic mass is 16.6. The van der Waals surface area contributed by atoms with Gasteiger partial charge in [-0.2, -0.15) is 0 Å². The molecular weight excluding hydrogens is 224 g/mol. The summed E-state index contributed by atoms with van der Waals surface area (Å²) in [5, 5.41) is 0. The van der Waals surface area contributed by atoms with Gasteiger partial charge in [-0.3, -0.25) is 0 Å². The van der Waals surface area contributed by atoms with Gasteiger partial charge in [0.15, 0.2) is 23.7 Å². The standard InChI is InChI=1S/C14H16O2.C2H6/c1-4-7-12-11(5-2)15-13-9-6-8-10(3)14(13)16-12;1-2/h4-9,11-12H,2H2,1,3H3;1-2H3/b7-4-;. The van der Waals surface area contributed by atoms with Gasteiger partial charge < -0.3 is 9.47 Å². The summed E-state index contributed by atoms with van der Waals surface area (Å²) in [6.07, 6.45) is 5.52. The molecule has 1 heterocycles. The number of hydrogen-bond acceptors (Lipinski definition) is 2. The van der Waals surface area contributed by atoms with Crippen LogP contribution in [0.5, 0.6) is 11.5 Å². The van der Waals surface area contributed by atoms with Crippen LogP contribution in [0.3, 0.4) is 0 Å². The Morgan fingerprint density at radius 3 is 2.50 bits per heavy atom. The van der Waals surface area contributed by atoms with Gasteiger partial charge in [0.25, 0.3) is 0 Å². The van der Waals surface area contributed by atoms with E-state index in [1.165, 1.54) is 0 Å². The molecule has 0 spiro atoms. The van der Waals surface area contributed by atoms with Crippen molar-refractivity contribution < 1.29 is 9.47 Å². The molecule has 0 N–H and O–H groups in total. The van der Waals surface area contributed by atoms with Crippen LogP contribution in [0.4, 0.5) is 0 Å². The highest BCUT2D eigenvalue weighted by Gasteiger charge is 2.28. The minimum absolute atomic E-state index is 0.0869. The van der Waals surface area contributed by atoms with E-state index < -0.39 is 0 Å². The molecule has 0 saturated carbocycles. The normalized spacial score (nSPS) is 21.1. The quantitative estimate of drug-likeness (QED) is 0.725. The summed E-state index contributed by atoms with van der Waals surface area (Å²) in [6.45, 7) is 11.8. The molecule has 0 fully saturated rings. The van der Waals surface area contributed by atoms with Crippen molar-refractivity contribution in [1.29, 1.82) is 0 Å². The van der Waals surface area contributed by atoms with Crippen LogP contribution in [0.25, 0.3) is 0 Å². The number of para-hydroxylation sites is 1. The summed E-state index contributed by atoms with van der Waals surface area (Å²) < 4.78 is 11.8. The first kappa shape index (κ1) is 14.4. The zero-order valence-corrected chi connectivity index (χ0v) is 11.6. The van der Waals surface area contributed by atoms with Crippen molar-refractivity contribution in [3.63, 3.8) is 0 Å². The van der Waals surface area contributed by atoms with E-state index >= 15 is 0 Å². The molecule has 1 aromatic carbocycles. The van der Waals surface area contributed by atoms with Crippen LogP contribution in [0.15, 0.2) is 43.0 Å². The Labute approximate surface area is 110 Å². The summed E-state index contributed by atoms with van der Waals surface area (Å²) in [7, 11) is 0. The molecule has 18 heavy (non-hydrogen) atoms.